The lowest BCUT2D eigenvalue weighted by Crippen LogP contribution is -2.41. The van der Waals surface area contributed by atoms with Crippen molar-refractivity contribution in [3.63, 3.8) is 0 Å². The number of amides is 2. The molecule has 0 radical (unpaired) electrons. The van der Waals surface area contributed by atoms with E-state index in [4.69, 9.17) is 14.6 Å². The van der Waals surface area contributed by atoms with E-state index in [1.807, 2.05) is 46.4 Å². The Morgan fingerprint density at radius 1 is 0.893 bits per heavy atom. The topological polar surface area (TPSA) is 79.3 Å². The SMILES string of the molecule is CC(C)(C)OC(=O)N1CCC[C@H]1CI.CC(C)(C)OC(=O)N1CCC[C@H]1CO. The standard InChI is InChI=1S/C10H18INO2.C10H19NO3/c1-10(2,3)14-9(13)12-6-4-5-8(12)7-11;1-10(2,3)14-9(13)11-6-4-5-8(11)7-12/h8H,4-7H2,1-3H3;8,12H,4-7H2,1-3H3/t2*8-/m00/s1. The summed E-state index contributed by atoms with van der Waals surface area (Å²) in [5.41, 5.74) is -0.838. The molecule has 2 aliphatic heterocycles. The van der Waals surface area contributed by atoms with Gasteiger partial charge in [-0.1, -0.05) is 22.6 Å². The fraction of sp³-hybridized carbons (Fsp3) is 0.900. The zero-order valence-corrected chi connectivity index (χ0v) is 20.3. The Kier molecular flexibility index (Phi) is 9.79. The monoisotopic (exact) mass is 512 g/mol. The van der Waals surface area contributed by atoms with E-state index in [1.165, 1.54) is 0 Å². The summed E-state index contributed by atoms with van der Waals surface area (Å²) < 4.78 is 11.6. The van der Waals surface area contributed by atoms with Crippen LogP contribution in [0.5, 0.6) is 0 Å². The van der Waals surface area contributed by atoms with Crippen LogP contribution in [-0.4, -0.2) is 74.5 Å². The van der Waals surface area contributed by atoms with Gasteiger partial charge in [0.2, 0.25) is 0 Å². The van der Waals surface area contributed by atoms with Gasteiger partial charge in [-0.05, 0) is 67.2 Å². The van der Waals surface area contributed by atoms with Gasteiger partial charge in [-0.15, -0.1) is 0 Å². The first-order chi connectivity index (χ1) is 12.9. The molecule has 0 bridgehead atoms. The molecule has 2 amide bonds. The highest BCUT2D eigenvalue weighted by Crippen LogP contribution is 2.22. The van der Waals surface area contributed by atoms with Crippen molar-refractivity contribution in [1.82, 2.24) is 9.80 Å². The molecule has 2 saturated heterocycles. The molecular weight excluding hydrogens is 475 g/mol. The summed E-state index contributed by atoms with van der Waals surface area (Å²) in [5, 5.41) is 9.03. The number of likely N-dealkylation sites (tertiary alicyclic amines) is 2. The van der Waals surface area contributed by atoms with E-state index in [0.717, 1.165) is 36.7 Å². The Bertz CT molecular complexity index is 470. The first-order valence-corrected chi connectivity index (χ1v) is 11.6. The van der Waals surface area contributed by atoms with E-state index < -0.39 is 5.60 Å². The first kappa shape index (κ1) is 25.3. The van der Waals surface area contributed by atoms with Crippen molar-refractivity contribution in [3.8, 4) is 0 Å². The van der Waals surface area contributed by atoms with Gasteiger partial charge < -0.3 is 24.4 Å². The maximum Gasteiger partial charge on any atom is 0.410 e. The van der Waals surface area contributed by atoms with E-state index >= 15 is 0 Å². The number of nitrogens with zero attached hydrogens (tertiary/aromatic N) is 2. The highest BCUT2D eigenvalue weighted by Gasteiger charge is 2.32. The number of halogens is 1. The van der Waals surface area contributed by atoms with Crippen molar-refractivity contribution in [2.75, 3.05) is 24.1 Å². The molecule has 2 aliphatic rings. The summed E-state index contributed by atoms with van der Waals surface area (Å²) >= 11 is 2.33. The van der Waals surface area contributed by atoms with Gasteiger partial charge in [0, 0.05) is 23.6 Å². The molecule has 0 spiro atoms. The van der Waals surface area contributed by atoms with Crippen molar-refractivity contribution in [2.45, 2.75) is 90.5 Å². The number of rotatable bonds is 2. The smallest absolute Gasteiger partial charge is 0.410 e. The third-order valence-corrected chi connectivity index (χ3v) is 5.42. The average molecular weight is 512 g/mol. The van der Waals surface area contributed by atoms with Crippen LogP contribution in [0.4, 0.5) is 9.59 Å². The van der Waals surface area contributed by atoms with E-state index in [0.29, 0.717) is 12.6 Å². The van der Waals surface area contributed by atoms with Gasteiger partial charge >= 0.3 is 12.2 Å². The molecule has 164 valence electrons. The molecule has 1 N–H and O–H groups in total. The third-order valence-electron chi connectivity index (χ3n) is 4.40. The number of ether oxygens (including phenoxy) is 2. The largest absolute Gasteiger partial charge is 0.444 e. The van der Waals surface area contributed by atoms with Crippen LogP contribution in [0.2, 0.25) is 0 Å². The molecule has 0 aromatic rings. The molecule has 7 nitrogen and oxygen atoms in total. The first-order valence-electron chi connectivity index (χ1n) is 10.0. The summed E-state index contributed by atoms with van der Waals surface area (Å²) in [5.74, 6) is 0. The van der Waals surface area contributed by atoms with Crippen molar-refractivity contribution in [1.29, 1.82) is 0 Å². The lowest BCUT2D eigenvalue weighted by molar-refractivity contribution is 0.0174. The van der Waals surface area contributed by atoms with Gasteiger partial charge in [0.1, 0.15) is 11.2 Å². The van der Waals surface area contributed by atoms with Crippen LogP contribution in [0, 0.1) is 0 Å². The molecule has 0 aromatic heterocycles. The number of hydrogen-bond acceptors (Lipinski definition) is 5. The lowest BCUT2D eigenvalue weighted by Gasteiger charge is -2.27. The van der Waals surface area contributed by atoms with Crippen molar-refractivity contribution in [2.24, 2.45) is 0 Å². The Labute approximate surface area is 183 Å². The van der Waals surface area contributed by atoms with E-state index in [-0.39, 0.29) is 30.4 Å². The number of aliphatic hydroxyl groups is 1. The van der Waals surface area contributed by atoms with Crippen LogP contribution in [0.1, 0.15) is 67.2 Å². The van der Waals surface area contributed by atoms with Gasteiger partial charge in [0.25, 0.3) is 0 Å². The molecule has 2 fully saturated rings. The number of carbonyl (C=O) groups excluding carboxylic acids is 2. The second-order valence-electron chi connectivity index (χ2n) is 9.28. The molecule has 0 saturated carbocycles. The quantitative estimate of drug-likeness (QED) is 0.443. The number of carbonyl (C=O) groups is 2. The molecule has 2 heterocycles. The molecule has 0 aliphatic carbocycles. The summed E-state index contributed by atoms with van der Waals surface area (Å²) in [4.78, 5) is 26.8. The molecule has 2 rings (SSSR count). The summed E-state index contributed by atoms with van der Waals surface area (Å²) in [6.07, 6.45) is 3.57. The molecular formula is C20H37IN2O5. The van der Waals surface area contributed by atoms with Crippen LogP contribution in [0.3, 0.4) is 0 Å². The maximum atomic E-state index is 11.7. The van der Waals surface area contributed by atoms with E-state index in [1.54, 1.807) is 4.90 Å². The van der Waals surface area contributed by atoms with Crippen LogP contribution in [0.25, 0.3) is 0 Å². The van der Waals surface area contributed by atoms with Gasteiger partial charge in [0.05, 0.1) is 12.6 Å². The minimum atomic E-state index is -0.459. The molecule has 0 unspecified atom stereocenters. The predicted octanol–water partition coefficient (Wildman–Crippen LogP) is 4.20. The highest BCUT2D eigenvalue weighted by molar-refractivity contribution is 14.1. The Balaban J connectivity index is 0.000000280. The summed E-state index contributed by atoms with van der Waals surface area (Å²) in [7, 11) is 0. The Morgan fingerprint density at radius 2 is 1.29 bits per heavy atom. The van der Waals surface area contributed by atoms with Crippen molar-refractivity contribution < 1.29 is 24.2 Å². The van der Waals surface area contributed by atoms with Crippen LogP contribution in [-0.2, 0) is 9.47 Å². The third kappa shape index (κ3) is 8.71. The second-order valence-corrected chi connectivity index (χ2v) is 10.2. The van der Waals surface area contributed by atoms with Gasteiger partial charge in [-0.25, -0.2) is 9.59 Å². The van der Waals surface area contributed by atoms with E-state index in [9.17, 15) is 9.59 Å². The molecule has 0 aromatic carbocycles. The second kappa shape index (κ2) is 10.8. The molecule has 8 heteroatoms. The van der Waals surface area contributed by atoms with Gasteiger partial charge in [0.15, 0.2) is 0 Å². The van der Waals surface area contributed by atoms with Gasteiger partial charge in [-0.2, -0.15) is 0 Å². The predicted molar refractivity (Wildman–Crippen MR) is 118 cm³/mol. The summed E-state index contributed by atoms with van der Waals surface area (Å²) in [6, 6.07) is 0.329. The maximum absolute atomic E-state index is 11.7. The normalized spacial score (nSPS) is 22.6. The average Bonchev–Trinajstić information content (AvgIpc) is 3.20. The van der Waals surface area contributed by atoms with Crippen LogP contribution >= 0.6 is 22.6 Å². The molecule has 28 heavy (non-hydrogen) atoms. The number of aliphatic hydroxyl groups excluding tert-OH is 1. The van der Waals surface area contributed by atoms with Crippen molar-refractivity contribution >= 4 is 34.8 Å². The fourth-order valence-corrected chi connectivity index (χ4v) is 4.06. The highest BCUT2D eigenvalue weighted by atomic mass is 127. The minimum absolute atomic E-state index is 0.0270. The van der Waals surface area contributed by atoms with Gasteiger partial charge in [-0.3, -0.25) is 0 Å². The van der Waals surface area contributed by atoms with E-state index in [2.05, 4.69) is 22.6 Å². The van der Waals surface area contributed by atoms with Crippen molar-refractivity contribution in [3.05, 3.63) is 0 Å². The fourth-order valence-electron chi connectivity index (χ4n) is 3.14. The Hall–Kier alpha value is -0.770. The lowest BCUT2D eigenvalue weighted by atomic mass is 10.2. The minimum Gasteiger partial charge on any atom is -0.444 e. The van der Waals surface area contributed by atoms with Crippen LogP contribution in [0.15, 0.2) is 0 Å². The zero-order valence-electron chi connectivity index (χ0n) is 18.2. The zero-order chi connectivity index (χ0) is 21.5. The van der Waals surface area contributed by atoms with Crippen LogP contribution < -0.4 is 0 Å². The number of alkyl halides is 1. The number of hydrogen-bond donors (Lipinski definition) is 1. The summed E-state index contributed by atoms with van der Waals surface area (Å²) in [6.45, 7) is 12.8. The Morgan fingerprint density at radius 3 is 1.64 bits per heavy atom. The molecule has 2 atom stereocenters.